The number of primary amides is 1. The first-order valence-electron chi connectivity index (χ1n) is 6.09. The quantitative estimate of drug-likeness (QED) is 0.689. The summed E-state index contributed by atoms with van der Waals surface area (Å²) in [7, 11) is 0. The molecular formula is C15H12BrIN2O2. The molecule has 2 aromatic carbocycles. The van der Waals surface area contributed by atoms with E-state index >= 15 is 0 Å². The first kappa shape index (κ1) is 16.0. The Balaban J connectivity index is 2.12. The van der Waals surface area contributed by atoms with Crippen molar-refractivity contribution in [1.82, 2.24) is 0 Å². The molecule has 6 heteroatoms. The number of carbonyl (C=O) groups is 2. The van der Waals surface area contributed by atoms with Crippen molar-refractivity contribution in [2.45, 2.75) is 6.42 Å². The van der Waals surface area contributed by atoms with Crippen LogP contribution in [0.2, 0.25) is 0 Å². The van der Waals surface area contributed by atoms with Crippen LogP contribution in [0, 0.1) is 3.57 Å². The average molecular weight is 459 g/mol. The van der Waals surface area contributed by atoms with Crippen LogP contribution in [0.5, 0.6) is 0 Å². The smallest absolute Gasteiger partial charge is 0.256 e. The van der Waals surface area contributed by atoms with E-state index in [0.29, 0.717) is 11.3 Å². The van der Waals surface area contributed by atoms with Gasteiger partial charge in [-0.3, -0.25) is 9.59 Å². The number of nitrogens with one attached hydrogen (secondary N) is 1. The van der Waals surface area contributed by atoms with E-state index in [0.717, 1.165) is 13.6 Å². The average Bonchev–Trinajstić information content (AvgIpc) is 2.43. The van der Waals surface area contributed by atoms with Gasteiger partial charge in [0.15, 0.2) is 0 Å². The topological polar surface area (TPSA) is 72.2 Å². The fourth-order valence-electron chi connectivity index (χ4n) is 1.78. The van der Waals surface area contributed by atoms with Gasteiger partial charge in [-0.15, -0.1) is 0 Å². The second-order valence-corrected chi connectivity index (χ2v) is 6.52. The molecule has 2 aromatic rings. The van der Waals surface area contributed by atoms with Crippen LogP contribution in [-0.4, -0.2) is 11.8 Å². The molecule has 0 aliphatic carbocycles. The van der Waals surface area contributed by atoms with Crippen LogP contribution >= 0.6 is 38.5 Å². The molecule has 0 atom stereocenters. The van der Waals surface area contributed by atoms with Crippen molar-refractivity contribution >= 4 is 56.0 Å². The Morgan fingerprint density at radius 1 is 1.14 bits per heavy atom. The summed E-state index contributed by atoms with van der Waals surface area (Å²) in [6.45, 7) is 0. The molecule has 0 heterocycles. The maximum atomic E-state index is 12.2. The van der Waals surface area contributed by atoms with Gasteiger partial charge in [-0.25, -0.2) is 0 Å². The predicted octanol–water partition coefficient (Wildman–Crippen LogP) is 3.33. The molecule has 4 nitrogen and oxygen atoms in total. The minimum Gasteiger partial charge on any atom is -0.369 e. The molecular weight excluding hydrogens is 447 g/mol. The third kappa shape index (κ3) is 4.53. The Bertz CT molecular complexity index is 687. The number of benzene rings is 2. The van der Waals surface area contributed by atoms with Crippen molar-refractivity contribution < 1.29 is 9.59 Å². The third-order valence-electron chi connectivity index (χ3n) is 2.76. The number of halogens is 2. The lowest BCUT2D eigenvalue weighted by atomic mass is 10.1. The number of carbonyl (C=O) groups excluding carboxylic acids is 2. The molecule has 0 radical (unpaired) electrons. The van der Waals surface area contributed by atoms with E-state index in [1.807, 2.05) is 12.1 Å². The Labute approximate surface area is 144 Å². The highest BCUT2D eigenvalue weighted by molar-refractivity contribution is 14.1. The second-order valence-electron chi connectivity index (χ2n) is 4.42. The number of nitrogens with two attached hydrogens (primary N) is 1. The van der Waals surface area contributed by atoms with Gasteiger partial charge in [0, 0.05) is 13.7 Å². The fraction of sp³-hybridized carbons (Fsp3) is 0.0667. The SMILES string of the molecule is NC(=O)Cc1ccc(NC(=O)c2cc(I)ccc2Br)cc1. The van der Waals surface area contributed by atoms with Crippen molar-refractivity contribution in [3.63, 3.8) is 0 Å². The zero-order chi connectivity index (χ0) is 15.4. The summed E-state index contributed by atoms with van der Waals surface area (Å²) in [4.78, 5) is 23.1. The van der Waals surface area contributed by atoms with Crippen LogP contribution in [0.4, 0.5) is 5.69 Å². The van der Waals surface area contributed by atoms with Crippen LogP contribution in [0.3, 0.4) is 0 Å². The molecule has 0 aromatic heterocycles. The number of hydrogen-bond acceptors (Lipinski definition) is 2. The van der Waals surface area contributed by atoms with Gasteiger partial charge in [0.2, 0.25) is 5.91 Å². The van der Waals surface area contributed by atoms with Crippen LogP contribution in [-0.2, 0) is 11.2 Å². The van der Waals surface area contributed by atoms with E-state index in [1.54, 1.807) is 30.3 Å². The summed E-state index contributed by atoms with van der Waals surface area (Å²) >= 11 is 5.52. The maximum absolute atomic E-state index is 12.2. The molecule has 0 saturated carbocycles. The molecule has 2 rings (SSSR count). The van der Waals surface area contributed by atoms with Crippen molar-refractivity contribution in [2.75, 3.05) is 5.32 Å². The van der Waals surface area contributed by atoms with E-state index in [-0.39, 0.29) is 18.2 Å². The monoisotopic (exact) mass is 458 g/mol. The van der Waals surface area contributed by atoms with Gasteiger partial charge in [-0.1, -0.05) is 12.1 Å². The molecule has 0 bridgehead atoms. The zero-order valence-electron chi connectivity index (χ0n) is 10.9. The number of amides is 2. The van der Waals surface area contributed by atoms with E-state index in [9.17, 15) is 9.59 Å². The highest BCUT2D eigenvalue weighted by Gasteiger charge is 2.11. The molecule has 2 amide bonds. The molecule has 21 heavy (non-hydrogen) atoms. The number of anilines is 1. The zero-order valence-corrected chi connectivity index (χ0v) is 14.6. The van der Waals surface area contributed by atoms with E-state index in [4.69, 9.17) is 5.73 Å². The standard InChI is InChI=1S/C15H12BrIN2O2/c16-13-6-3-10(17)8-12(13)15(21)19-11-4-1-9(2-5-11)7-14(18)20/h1-6,8H,7H2,(H2,18,20)(H,19,21). The van der Waals surface area contributed by atoms with Gasteiger partial charge >= 0.3 is 0 Å². The number of hydrogen-bond donors (Lipinski definition) is 2. The molecule has 0 unspecified atom stereocenters. The Hall–Kier alpha value is -1.41. The molecule has 108 valence electrons. The lowest BCUT2D eigenvalue weighted by molar-refractivity contribution is -0.117. The first-order valence-corrected chi connectivity index (χ1v) is 7.96. The van der Waals surface area contributed by atoms with Gasteiger partial charge < -0.3 is 11.1 Å². The van der Waals surface area contributed by atoms with Gasteiger partial charge in [0.05, 0.1) is 12.0 Å². The van der Waals surface area contributed by atoms with Crippen molar-refractivity contribution in [3.8, 4) is 0 Å². The van der Waals surface area contributed by atoms with Gasteiger partial charge in [0.1, 0.15) is 0 Å². The van der Waals surface area contributed by atoms with Crippen molar-refractivity contribution in [2.24, 2.45) is 5.73 Å². The molecule has 0 aliphatic rings. The maximum Gasteiger partial charge on any atom is 0.256 e. The predicted molar refractivity (Wildman–Crippen MR) is 94.2 cm³/mol. The van der Waals surface area contributed by atoms with Crippen LogP contribution in [0.1, 0.15) is 15.9 Å². The Morgan fingerprint density at radius 3 is 2.43 bits per heavy atom. The van der Waals surface area contributed by atoms with Gasteiger partial charge in [-0.2, -0.15) is 0 Å². The molecule has 0 fully saturated rings. The van der Waals surface area contributed by atoms with Gasteiger partial charge in [-0.05, 0) is 74.4 Å². The summed E-state index contributed by atoms with van der Waals surface area (Å²) in [5.41, 5.74) is 7.19. The molecule has 0 aliphatic heterocycles. The van der Waals surface area contributed by atoms with Gasteiger partial charge in [0.25, 0.3) is 5.91 Å². The number of rotatable bonds is 4. The molecule has 0 saturated heterocycles. The van der Waals surface area contributed by atoms with Crippen LogP contribution in [0.25, 0.3) is 0 Å². The molecule has 3 N–H and O–H groups in total. The van der Waals surface area contributed by atoms with Crippen LogP contribution in [0.15, 0.2) is 46.9 Å². The summed E-state index contributed by atoms with van der Waals surface area (Å²) in [6, 6.07) is 12.6. The summed E-state index contributed by atoms with van der Waals surface area (Å²) < 4.78 is 1.73. The normalized spacial score (nSPS) is 10.2. The Kier molecular flexibility index (Phi) is 5.35. The first-order chi connectivity index (χ1) is 9.95. The highest BCUT2D eigenvalue weighted by atomic mass is 127. The summed E-state index contributed by atoms with van der Waals surface area (Å²) in [5, 5.41) is 2.82. The summed E-state index contributed by atoms with van der Waals surface area (Å²) in [6.07, 6.45) is 0.191. The van der Waals surface area contributed by atoms with E-state index in [1.165, 1.54) is 0 Å². The fourth-order valence-corrected chi connectivity index (χ4v) is 2.69. The Morgan fingerprint density at radius 2 is 1.81 bits per heavy atom. The molecule has 0 spiro atoms. The largest absolute Gasteiger partial charge is 0.369 e. The minimum atomic E-state index is -0.380. The van der Waals surface area contributed by atoms with Crippen LogP contribution < -0.4 is 11.1 Å². The third-order valence-corrected chi connectivity index (χ3v) is 4.13. The van der Waals surface area contributed by atoms with E-state index in [2.05, 4.69) is 43.8 Å². The highest BCUT2D eigenvalue weighted by Crippen LogP contribution is 2.21. The van der Waals surface area contributed by atoms with Crippen molar-refractivity contribution in [3.05, 3.63) is 61.6 Å². The van der Waals surface area contributed by atoms with E-state index < -0.39 is 0 Å². The lowest BCUT2D eigenvalue weighted by Gasteiger charge is -2.08. The summed E-state index contributed by atoms with van der Waals surface area (Å²) in [5.74, 6) is -0.572. The second kappa shape index (κ2) is 7.04. The lowest BCUT2D eigenvalue weighted by Crippen LogP contribution is -2.14. The minimum absolute atomic E-state index is 0.191. The van der Waals surface area contributed by atoms with Crippen molar-refractivity contribution in [1.29, 1.82) is 0 Å².